The average Bonchev–Trinajstić information content (AvgIpc) is 3.52. The zero-order valence-electron chi connectivity index (χ0n) is 16.7. The third-order valence-corrected chi connectivity index (χ3v) is 5.46. The van der Waals surface area contributed by atoms with Crippen LogP contribution in [0.5, 0.6) is 0 Å². The van der Waals surface area contributed by atoms with E-state index in [1.54, 1.807) is 4.90 Å². The topological polar surface area (TPSA) is 50.8 Å². The SMILES string of the molecule is CC(C)CCC(NCC1CN(C(=O)OCc2ccccc2)CCO1)C1CC1. The molecule has 1 aliphatic heterocycles. The molecule has 1 heterocycles. The van der Waals surface area contributed by atoms with Gasteiger partial charge in [-0.25, -0.2) is 4.79 Å². The van der Waals surface area contributed by atoms with Gasteiger partial charge in [0.25, 0.3) is 0 Å². The Balaban J connectivity index is 1.41. The van der Waals surface area contributed by atoms with E-state index in [1.807, 2.05) is 30.3 Å². The van der Waals surface area contributed by atoms with Crippen LogP contribution in [0.3, 0.4) is 0 Å². The average molecular weight is 375 g/mol. The lowest BCUT2D eigenvalue weighted by Crippen LogP contribution is -2.50. The molecule has 27 heavy (non-hydrogen) atoms. The number of nitrogens with zero attached hydrogens (tertiary/aromatic N) is 1. The Morgan fingerprint density at radius 2 is 2.04 bits per heavy atom. The first-order valence-electron chi connectivity index (χ1n) is 10.4. The van der Waals surface area contributed by atoms with E-state index < -0.39 is 0 Å². The first kappa shape index (κ1) is 20.2. The second-order valence-electron chi connectivity index (χ2n) is 8.30. The van der Waals surface area contributed by atoms with Gasteiger partial charge in [0.15, 0.2) is 0 Å². The largest absolute Gasteiger partial charge is 0.445 e. The summed E-state index contributed by atoms with van der Waals surface area (Å²) in [5.74, 6) is 1.58. The van der Waals surface area contributed by atoms with Crippen molar-refractivity contribution in [3.05, 3.63) is 35.9 Å². The van der Waals surface area contributed by atoms with E-state index in [9.17, 15) is 4.79 Å². The van der Waals surface area contributed by atoms with Crippen LogP contribution in [0.1, 0.15) is 45.1 Å². The van der Waals surface area contributed by atoms with Crippen molar-refractivity contribution >= 4 is 6.09 Å². The standard InChI is InChI=1S/C22H34N2O3/c1-17(2)8-11-21(19-9-10-19)23-14-20-15-24(12-13-26-20)22(25)27-16-18-6-4-3-5-7-18/h3-7,17,19-21,23H,8-16H2,1-2H3. The van der Waals surface area contributed by atoms with Crippen molar-refractivity contribution in [3.63, 3.8) is 0 Å². The van der Waals surface area contributed by atoms with Gasteiger partial charge in [0.2, 0.25) is 0 Å². The molecule has 150 valence electrons. The molecule has 1 aromatic rings. The van der Waals surface area contributed by atoms with Gasteiger partial charge in [0, 0.05) is 19.1 Å². The highest BCUT2D eigenvalue weighted by molar-refractivity contribution is 5.67. The number of morpholine rings is 1. The Labute approximate surface area is 163 Å². The van der Waals surface area contributed by atoms with Crippen LogP contribution >= 0.6 is 0 Å². The van der Waals surface area contributed by atoms with Gasteiger partial charge in [-0.15, -0.1) is 0 Å². The third-order valence-electron chi connectivity index (χ3n) is 5.46. The molecule has 2 fully saturated rings. The predicted molar refractivity (Wildman–Crippen MR) is 107 cm³/mol. The molecule has 2 atom stereocenters. The highest BCUT2D eigenvalue weighted by Crippen LogP contribution is 2.35. The number of carbonyl (C=O) groups is 1. The van der Waals surface area contributed by atoms with Crippen LogP contribution in [0.4, 0.5) is 4.79 Å². The molecule has 0 spiro atoms. The van der Waals surface area contributed by atoms with Crippen molar-refractivity contribution in [2.75, 3.05) is 26.2 Å². The van der Waals surface area contributed by atoms with Crippen molar-refractivity contribution in [2.24, 2.45) is 11.8 Å². The summed E-state index contributed by atoms with van der Waals surface area (Å²) in [7, 11) is 0. The molecular weight excluding hydrogens is 340 g/mol. The molecule has 2 aliphatic rings. The molecule has 3 rings (SSSR count). The molecule has 0 aromatic heterocycles. The van der Waals surface area contributed by atoms with Gasteiger partial charge in [-0.2, -0.15) is 0 Å². The zero-order chi connectivity index (χ0) is 19.1. The molecule has 1 saturated carbocycles. The Morgan fingerprint density at radius 3 is 2.74 bits per heavy atom. The van der Waals surface area contributed by atoms with Crippen molar-refractivity contribution in [1.82, 2.24) is 10.2 Å². The molecule has 1 amide bonds. The minimum atomic E-state index is -0.245. The van der Waals surface area contributed by atoms with Gasteiger partial charge in [-0.05, 0) is 43.1 Å². The molecule has 5 heteroatoms. The van der Waals surface area contributed by atoms with Crippen LogP contribution < -0.4 is 5.32 Å². The summed E-state index contributed by atoms with van der Waals surface area (Å²) in [5.41, 5.74) is 1.01. The Morgan fingerprint density at radius 1 is 1.26 bits per heavy atom. The van der Waals surface area contributed by atoms with Crippen LogP contribution in [-0.4, -0.2) is 49.4 Å². The number of amides is 1. The van der Waals surface area contributed by atoms with Crippen LogP contribution in [0.15, 0.2) is 30.3 Å². The van der Waals surface area contributed by atoms with Crippen LogP contribution in [0.2, 0.25) is 0 Å². The highest BCUT2D eigenvalue weighted by Gasteiger charge is 2.32. The summed E-state index contributed by atoms with van der Waals surface area (Å²) in [4.78, 5) is 14.2. The quantitative estimate of drug-likeness (QED) is 0.714. The monoisotopic (exact) mass is 374 g/mol. The number of ether oxygens (including phenoxy) is 2. The fourth-order valence-corrected chi connectivity index (χ4v) is 3.62. The summed E-state index contributed by atoms with van der Waals surface area (Å²) >= 11 is 0. The normalized spacial score (nSPS) is 21.3. The lowest BCUT2D eigenvalue weighted by atomic mass is 10.00. The van der Waals surface area contributed by atoms with Gasteiger partial charge >= 0.3 is 6.09 Å². The first-order chi connectivity index (χ1) is 13.1. The highest BCUT2D eigenvalue weighted by atomic mass is 16.6. The lowest BCUT2D eigenvalue weighted by Gasteiger charge is -2.33. The minimum absolute atomic E-state index is 0.0447. The van der Waals surface area contributed by atoms with E-state index in [0.29, 0.717) is 32.3 Å². The van der Waals surface area contributed by atoms with Gasteiger partial charge in [-0.1, -0.05) is 44.2 Å². The molecule has 0 radical (unpaired) electrons. The smallest absolute Gasteiger partial charge is 0.410 e. The third kappa shape index (κ3) is 6.82. The Kier molecular flexibility index (Phi) is 7.53. The number of hydrogen-bond acceptors (Lipinski definition) is 4. The number of benzene rings is 1. The summed E-state index contributed by atoms with van der Waals surface area (Å²) in [6, 6.07) is 10.4. The maximum atomic E-state index is 12.4. The summed E-state index contributed by atoms with van der Waals surface area (Å²) in [6.07, 6.45) is 4.99. The van der Waals surface area contributed by atoms with E-state index in [2.05, 4.69) is 19.2 Å². The first-order valence-corrected chi connectivity index (χ1v) is 10.4. The number of nitrogens with one attached hydrogen (secondary N) is 1. The number of carbonyl (C=O) groups excluding carboxylic acids is 1. The van der Waals surface area contributed by atoms with Gasteiger partial charge in [-0.3, -0.25) is 0 Å². The minimum Gasteiger partial charge on any atom is -0.445 e. The number of hydrogen-bond donors (Lipinski definition) is 1. The van der Waals surface area contributed by atoms with Crippen LogP contribution in [0.25, 0.3) is 0 Å². The fraction of sp³-hybridized carbons (Fsp3) is 0.682. The second kappa shape index (κ2) is 10.1. The summed E-state index contributed by atoms with van der Waals surface area (Å²) in [5, 5.41) is 3.72. The maximum absolute atomic E-state index is 12.4. The molecule has 1 aromatic carbocycles. The van der Waals surface area contributed by atoms with E-state index >= 15 is 0 Å². The van der Waals surface area contributed by atoms with Crippen molar-refractivity contribution in [1.29, 1.82) is 0 Å². The number of rotatable bonds is 9. The maximum Gasteiger partial charge on any atom is 0.410 e. The lowest BCUT2D eigenvalue weighted by molar-refractivity contribution is -0.0283. The van der Waals surface area contributed by atoms with Gasteiger partial charge in [0.1, 0.15) is 6.61 Å². The Hall–Kier alpha value is -1.59. The molecule has 2 unspecified atom stereocenters. The molecule has 1 N–H and O–H groups in total. The van der Waals surface area contributed by atoms with Crippen molar-refractivity contribution in [3.8, 4) is 0 Å². The molecular formula is C22H34N2O3. The van der Waals surface area contributed by atoms with Gasteiger partial charge in [0.05, 0.1) is 19.3 Å². The van der Waals surface area contributed by atoms with E-state index in [4.69, 9.17) is 9.47 Å². The Bertz CT molecular complexity index is 574. The molecule has 0 bridgehead atoms. The molecule has 1 aliphatic carbocycles. The summed E-state index contributed by atoms with van der Waals surface area (Å²) in [6.45, 7) is 7.47. The van der Waals surface area contributed by atoms with Crippen LogP contribution in [0, 0.1) is 11.8 Å². The predicted octanol–water partition coefficient (Wildman–Crippen LogP) is 3.83. The second-order valence-corrected chi connectivity index (χ2v) is 8.30. The van der Waals surface area contributed by atoms with Crippen molar-refractivity contribution in [2.45, 2.75) is 58.3 Å². The van der Waals surface area contributed by atoms with Gasteiger partial charge < -0.3 is 19.7 Å². The van der Waals surface area contributed by atoms with E-state index in [0.717, 1.165) is 23.9 Å². The summed E-state index contributed by atoms with van der Waals surface area (Å²) < 4.78 is 11.4. The molecule has 5 nitrogen and oxygen atoms in total. The van der Waals surface area contributed by atoms with Crippen molar-refractivity contribution < 1.29 is 14.3 Å². The fourth-order valence-electron chi connectivity index (χ4n) is 3.62. The zero-order valence-corrected chi connectivity index (χ0v) is 16.7. The molecule has 1 saturated heterocycles. The van der Waals surface area contributed by atoms with E-state index in [-0.39, 0.29) is 12.2 Å². The van der Waals surface area contributed by atoms with Crippen LogP contribution in [-0.2, 0) is 16.1 Å². The van der Waals surface area contributed by atoms with E-state index in [1.165, 1.54) is 25.7 Å².